The molecule has 0 radical (unpaired) electrons. The van der Waals surface area contributed by atoms with Crippen molar-refractivity contribution in [3.8, 4) is 0 Å². The molecule has 2 N–H and O–H groups in total. The molecule has 2 atom stereocenters. The SMILES string of the molecule is COCC1(CNC(=O)C2CC2c2cccc(Cl)c2)CCNCC1. The van der Waals surface area contributed by atoms with E-state index in [4.69, 9.17) is 16.3 Å². The summed E-state index contributed by atoms with van der Waals surface area (Å²) in [5, 5.41) is 7.29. The van der Waals surface area contributed by atoms with E-state index < -0.39 is 0 Å². The van der Waals surface area contributed by atoms with Crippen LogP contribution in [0.4, 0.5) is 0 Å². The fraction of sp³-hybridized carbons (Fsp3) is 0.611. The van der Waals surface area contributed by atoms with E-state index in [1.807, 2.05) is 18.2 Å². The van der Waals surface area contributed by atoms with Crippen molar-refractivity contribution in [3.05, 3.63) is 34.9 Å². The van der Waals surface area contributed by atoms with Crippen LogP contribution in [0.15, 0.2) is 24.3 Å². The summed E-state index contributed by atoms with van der Waals surface area (Å²) in [5.74, 6) is 0.582. The Bertz CT molecular complexity index is 552. The number of benzene rings is 1. The van der Waals surface area contributed by atoms with E-state index in [2.05, 4.69) is 16.7 Å². The maximum Gasteiger partial charge on any atom is 0.223 e. The highest BCUT2D eigenvalue weighted by Crippen LogP contribution is 2.48. The lowest BCUT2D eigenvalue weighted by Gasteiger charge is -2.37. The van der Waals surface area contributed by atoms with Gasteiger partial charge >= 0.3 is 0 Å². The molecule has 1 saturated heterocycles. The molecule has 1 amide bonds. The van der Waals surface area contributed by atoms with Crippen molar-refractivity contribution in [1.82, 2.24) is 10.6 Å². The average Bonchev–Trinajstić information content (AvgIpc) is 3.35. The molecule has 2 unspecified atom stereocenters. The second kappa shape index (κ2) is 7.20. The van der Waals surface area contributed by atoms with Crippen molar-refractivity contribution in [3.63, 3.8) is 0 Å². The number of carbonyl (C=O) groups excluding carboxylic acids is 1. The van der Waals surface area contributed by atoms with Gasteiger partial charge in [0, 0.05) is 30.0 Å². The molecule has 23 heavy (non-hydrogen) atoms. The van der Waals surface area contributed by atoms with E-state index >= 15 is 0 Å². The Morgan fingerprint density at radius 3 is 2.91 bits per heavy atom. The smallest absolute Gasteiger partial charge is 0.223 e. The predicted molar refractivity (Wildman–Crippen MR) is 91.7 cm³/mol. The fourth-order valence-corrected chi connectivity index (χ4v) is 3.83. The maximum atomic E-state index is 12.5. The van der Waals surface area contributed by atoms with Crippen LogP contribution in [0.25, 0.3) is 0 Å². The number of nitrogens with one attached hydrogen (secondary N) is 2. The zero-order valence-electron chi connectivity index (χ0n) is 13.6. The first kappa shape index (κ1) is 16.7. The van der Waals surface area contributed by atoms with Gasteiger partial charge in [-0.15, -0.1) is 0 Å². The van der Waals surface area contributed by atoms with Gasteiger partial charge in [-0.05, 0) is 56.0 Å². The first-order valence-electron chi connectivity index (χ1n) is 8.36. The third-order valence-corrected chi connectivity index (χ3v) is 5.39. The lowest BCUT2D eigenvalue weighted by molar-refractivity contribution is -0.123. The second-order valence-corrected chi connectivity index (χ2v) is 7.34. The third kappa shape index (κ3) is 4.06. The van der Waals surface area contributed by atoms with Gasteiger partial charge in [-0.2, -0.15) is 0 Å². The van der Waals surface area contributed by atoms with Crippen molar-refractivity contribution >= 4 is 17.5 Å². The topological polar surface area (TPSA) is 50.4 Å². The molecule has 4 nitrogen and oxygen atoms in total. The lowest BCUT2D eigenvalue weighted by Crippen LogP contribution is -2.47. The molecule has 126 valence electrons. The van der Waals surface area contributed by atoms with Gasteiger partial charge in [0.1, 0.15) is 0 Å². The van der Waals surface area contributed by atoms with Gasteiger partial charge in [0.2, 0.25) is 5.91 Å². The van der Waals surface area contributed by atoms with Crippen LogP contribution in [0, 0.1) is 11.3 Å². The van der Waals surface area contributed by atoms with Crippen molar-refractivity contribution in [1.29, 1.82) is 0 Å². The third-order valence-electron chi connectivity index (χ3n) is 5.16. The molecule has 1 aromatic carbocycles. The van der Waals surface area contributed by atoms with Crippen LogP contribution in [-0.2, 0) is 9.53 Å². The molecule has 0 aromatic heterocycles. The maximum absolute atomic E-state index is 12.5. The predicted octanol–water partition coefficient (Wildman–Crippen LogP) is 2.58. The molecule has 1 saturated carbocycles. The minimum atomic E-state index is 0.0795. The van der Waals surface area contributed by atoms with Crippen LogP contribution in [0.5, 0.6) is 0 Å². The molecule has 1 aliphatic heterocycles. The van der Waals surface area contributed by atoms with Crippen LogP contribution in [0.3, 0.4) is 0 Å². The summed E-state index contributed by atoms with van der Waals surface area (Å²) >= 11 is 6.04. The number of amides is 1. The minimum Gasteiger partial charge on any atom is -0.384 e. The van der Waals surface area contributed by atoms with Gasteiger partial charge in [-0.3, -0.25) is 4.79 Å². The summed E-state index contributed by atoms with van der Waals surface area (Å²) in [4.78, 5) is 12.5. The highest BCUT2D eigenvalue weighted by atomic mass is 35.5. The van der Waals surface area contributed by atoms with E-state index in [0.717, 1.165) is 37.4 Å². The van der Waals surface area contributed by atoms with E-state index in [-0.39, 0.29) is 17.2 Å². The summed E-state index contributed by atoms with van der Waals surface area (Å²) in [5.41, 5.74) is 1.25. The van der Waals surface area contributed by atoms with Gasteiger partial charge in [0.15, 0.2) is 0 Å². The van der Waals surface area contributed by atoms with Crippen molar-refractivity contribution in [2.24, 2.45) is 11.3 Å². The zero-order valence-corrected chi connectivity index (χ0v) is 14.4. The van der Waals surface area contributed by atoms with Crippen molar-refractivity contribution < 1.29 is 9.53 Å². The summed E-state index contributed by atoms with van der Waals surface area (Å²) < 4.78 is 5.40. The van der Waals surface area contributed by atoms with E-state index in [1.54, 1.807) is 7.11 Å². The zero-order chi connectivity index (χ0) is 16.3. The van der Waals surface area contributed by atoms with Crippen LogP contribution in [0.1, 0.15) is 30.7 Å². The van der Waals surface area contributed by atoms with Crippen LogP contribution in [-0.4, -0.2) is 39.3 Å². The summed E-state index contributed by atoms with van der Waals surface area (Å²) in [6.45, 7) is 3.40. The number of hydrogen-bond acceptors (Lipinski definition) is 3. The largest absolute Gasteiger partial charge is 0.384 e. The summed E-state index contributed by atoms with van der Waals surface area (Å²) in [6, 6.07) is 7.85. The van der Waals surface area contributed by atoms with Crippen molar-refractivity contribution in [2.45, 2.75) is 25.2 Å². The van der Waals surface area contributed by atoms with Crippen LogP contribution < -0.4 is 10.6 Å². The highest BCUT2D eigenvalue weighted by molar-refractivity contribution is 6.30. The Labute approximate surface area is 142 Å². The number of carbonyl (C=O) groups is 1. The fourth-order valence-electron chi connectivity index (χ4n) is 3.63. The molecule has 0 bridgehead atoms. The molecule has 0 spiro atoms. The second-order valence-electron chi connectivity index (χ2n) is 6.90. The Balaban J connectivity index is 1.53. The summed E-state index contributed by atoms with van der Waals surface area (Å²) in [7, 11) is 1.74. The molecular weight excluding hydrogens is 312 g/mol. The highest BCUT2D eigenvalue weighted by Gasteiger charge is 2.44. The van der Waals surface area contributed by atoms with E-state index in [0.29, 0.717) is 19.1 Å². The summed E-state index contributed by atoms with van der Waals surface area (Å²) in [6.07, 6.45) is 3.01. The van der Waals surface area contributed by atoms with E-state index in [9.17, 15) is 4.79 Å². The lowest BCUT2D eigenvalue weighted by atomic mass is 9.79. The normalized spacial score (nSPS) is 25.8. The first-order chi connectivity index (χ1) is 11.1. The molecule has 2 fully saturated rings. The van der Waals surface area contributed by atoms with Gasteiger partial charge < -0.3 is 15.4 Å². The Morgan fingerprint density at radius 1 is 1.43 bits per heavy atom. The number of ether oxygens (including phenoxy) is 1. The van der Waals surface area contributed by atoms with Gasteiger partial charge in [-0.1, -0.05) is 23.7 Å². The molecular formula is C18H25ClN2O2. The van der Waals surface area contributed by atoms with Crippen molar-refractivity contribution in [2.75, 3.05) is 33.4 Å². The Hall–Kier alpha value is -1.10. The van der Waals surface area contributed by atoms with Crippen LogP contribution in [0.2, 0.25) is 5.02 Å². The first-order valence-corrected chi connectivity index (χ1v) is 8.74. The number of piperidine rings is 1. The van der Waals surface area contributed by atoms with Gasteiger partial charge in [0.25, 0.3) is 0 Å². The van der Waals surface area contributed by atoms with Gasteiger partial charge in [0.05, 0.1) is 6.61 Å². The number of hydrogen-bond donors (Lipinski definition) is 2. The number of halogens is 1. The Morgan fingerprint density at radius 2 is 2.22 bits per heavy atom. The average molecular weight is 337 g/mol. The molecule has 5 heteroatoms. The monoisotopic (exact) mass is 336 g/mol. The molecule has 1 heterocycles. The quantitative estimate of drug-likeness (QED) is 0.839. The molecule has 3 rings (SSSR count). The number of methoxy groups -OCH3 is 1. The van der Waals surface area contributed by atoms with Crippen LogP contribution >= 0.6 is 11.6 Å². The van der Waals surface area contributed by atoms with Gasteiger partial charge in [-0.25, -0.2) is 0 Å². The van der Waals surface area contributed by atoms with E-state index in [1.165, 1.54) is 5.56 Å². The minimum absolute atomic E-state index is 0.0795. The molecule has 1 aliphatic carbocycles. The number of rotatable bonds is 6. The molecule has 1 aromatic rings. The molecule has 2 aliphatic rings. The standard InChI is InChI=1S/C18H25ClN2O2/c1-23-12-18(5-7-20-8-6-18)11-21-17(22)16-10-15(16)13-3-2-4-14(19)9-13/h2-4,9,15-16,20H,5-8,10-12H2,1H3,(H,21,22). The Kier molecular flexibility index (Phi) is 5.24.